The average molecular weight is 228 g/mol. The molecule has 1 aromatic rings. The number of hydrogen-bond donors (Lipinski definition) is 0. The van der Waals surface area contributed by atoms with Crippen molar-refractivity contribution in [3.8, 4) is 0 Å². The van der Waals surface area contributed by atoms with Gasteiger partial charge in [0.2, 0.25) is 0 Å². The van der Waals surface area contributed by atoms with Crippen LogP contribution in [0.15, 0.2) is 36.4 Å². The first kappa shape index (κ1) is 29.3. The summed E-state index contributed by atoms with van der Waals surface area (Å²) in [5, 5.41) is 0. The van der Waals surface area contributed by atoms with E-state index in [1.807, 2.05) is 36.4 Å². The van der Waals surface area contributed by atoms with E-state index in [9.17, 15) is 13.2 Å². The molecule has 1 rings (SSSR count). The van der Waals surface area contributed by atoms with E-state index in [1.165, 1.54) is 0 Å². The molecule has 0 aliphatic carbocycles. The van der Waals surface area contributed by atoms with Gasteiger partial charge in [-0.15, -0.1) is 0 Å². The molecule has 0 heterocycles. The van der Waals surface area contributed by atoms with E-state index in [4.69, 9.17) is 0 Å². The maximum absolute atomic E-state index is 9.67. The lowest BCUT2D eigenvalue weighted by Gasteiger charge is -1.69. The number of alkyl halides is 3. The van der Waals surface area contributed by atoms with Gasteiger partial charge in [0, 0.05) is 0 Å². The summed E-state index contributed by atoms with van der Waals surface area (Å²) >= 11 is 0. The van der Waals surface area contributed by atoms with Crippen molar-refractivity contribution in [3.05, 3.63) is 36.4 Å². The molecular weight excluding hydrogens is 217 g/mol. The fourth-order valence-electron chi connectivity index (χ4n) is 0.385. The maximum Gasteiger partial charge on any atom is 0.379 e. The third-order valence-electron chi connectivity index (χ3n) is 0.667. The number of rotatable bonds is 0. The van der Waals surface area contributed by atoms with Crippen LogP contribution in [0.25, 0.3) is 0 Å². The topological polar surface area (TPSA) is 0 Å². The zero-order chi connectivity index (χ0) is 7.82. The van der Waals surface area contributed by atoms with Gasteiger partial charge in [-0.25, -0.2) is 0 Å². The Kier molecular flexibility index (Phi) is 47.3. The molecule has 0 amide bonds. The summed E-state index contributed by atoms with van der Waals surface area (Å²) in [5.74, 6) is 0. The molecule has 0 aliphatic heterocycles. The standard InChI is InChI=1S/C6H6.CHF3.4FH/c1-2-4-6-5-3-1;2-1(3)4;;;;/h1-6H;1H;4*1H. The minimum absolute atomic E-state index is 0. The third kappa shape index (κ3) is 45.4. The summed E-state index contributed by atoms with van der Waals surface area (Å²) in [5.41, 5.74) is 0. The van der Waals surface area contributed by atoms with E-state index in [0.717, 1.165) is 0 Å². The molecule has 0 N–H and O–H groups in total. The summed E-state index contributed by atoms with van der Waals surface area (Å²) in [6.45, 7) is -3.67. The van der Waals surface area contributed by atoms with Gasteiger partial charge in [0.05, 0.1) is 0 Å². The normalized spacial score (nSPS) is 6.00. The van der Waals surface area contributed by atoms with E-state index >= 15 is 0 Å². The van der Waals surface area contributed by atoms with Crippen molar-refractivity contribution >= 4 is 0 Å². The van der Waals surface area contributed by atoms with Gasteiger partial charge in [-0.1, -0.05) is 36.4 Å². The Morgan fingerprint density at radius 1 is 0.500 bits per heavy atom. The lowest BCUT2D eigenvalue weighted by atomic mass is 10.4. The molecule has 0 unspecified atom stereocenters. The summed E-state index contributed by atoms with van der Waals surface area (Å²) in [6, 6.07) is 12.0. The molecule has 0 aliphatic rings. The van der Waals surface area contributed by atoms with Gasteiger partial charge in [-0.05, 0) is 0 Å². The Balaban J connectivity index is -0.0000000315. The van der Waals surface area contributed by atoms with Crippen LogP contribution in [0.5, 0.6) is 0 Å². The lowest BCUT2D eigenvalue weighted by Crippen LogP contribution is -1.65. The first-order valence-electron chi connectivity index (χ1n) is 2.65. The molecular formula is C7H11F7. The highest BCUT2D eigenvalue weighted by atomic mass is 19.4. The minimum Gasteiger partial charge on any atom is -0.269 e. The molecule has 0 nitrogen and oxygen atoms in total. The van der Waals surface area contributed by atoms with Gasteiger partial charge < -0.3 is 0 Å². The van der Waals surface area contributed by atoms with E-state index < -0.39 is 6.68 Å². The first-order valence-corrected chi connectivity index (χ1v) is 2.65. The van der Waals surface area contributed by atoms with Crippen LogP contribution in [0.4, 0.5) is 32.0 Å². The van der Waals surface area contributed by atoms with Crippen LogP contribution in [0.1, 0.15) is 0 Å². The fraction of sp³-hybridized carbons (Fsp3) is 0.143. The van der Waals surface area contributed by atoms with Gasteiger partial charge in [-0.2, -0.15) is 13.2 Å². The molecule has 0 saturated carbocycles. The zero-order valence-corrected chi connectivity index (χ0v) is 6.81. The van der Waals surface area contributed by atoms with E-state index in [2.05, 4.69) is 0 Å². The van der Waals surface area contributed by atoms with Crippen LogP contribution in [0.2, 0.25) is 0 Å². The molecule has 0 saturated heterocycles. The van der Waals surface area contributed by atoms with Crippen LogP contribution in [0.3, 0.4) is 0 Å². The second-order valence-electron chi connectivity index (χ2n) is 1.40. The molecule has 0 radical (unpaired) electrons. The molecule has 0 spiro atoms. The van der Waals surface area contributed by atoms with Gasteiger partial charge in [0.25, 0.3) is 0 Å². The van der Waals surface area contributed by atoms with Crippen molar-refractivity contribution in [3.63, 3.8) is 0 Å². The van der Waals surface area contributed by atoms with Crippen molar-refractivity contribution in [2.75, 3.05) is 0 Å². The van der Waals surface area contributed by atoms with Gasteiger partial charge in [0.1, 0.15) is 0 Å². The van der Waals surface area contributed by atoms with E-state index in [0.29, 0.717) is 0 Å². The maximum atomic E-state index is 9.67. The smallest absolute Gasteiger partial charge is 0.269 e. The van der Waals surface area contributed by atoms with Crippen molar-refractivity contribution in [1.82, 2.24) is 0 Å². The minimum atomic E-state index is -3.67. The largest absolute Gasteiger partial charge is 0.379 e. The highest BCUT2D eigenvalue weighted by Crippen LogP contribution is 1.87. The Labute approximate surface area is 76.2 Å². The molecule has 0 fully saturated rings. The first-order chi connectivity index (χ1) is 4.73. The highest BCUT2D eigenvalue weighted by molar-refractivity contribution is 4.99. The number of halogens is 7. The van der Waals surface area contributed by atoms with Crippen LogP contribution in [-0.4, -0.2) is 6.68 Å². The molecule has 1 aromatic carbocycles. The molecule has 14 heavy (non-hydrogen) atoms. The Morgan fingerprint density at radius 2 is 0.571 bits per heavy atom. The average Bonchev–Trinajstić information content (AvgIpc) is 1.90. The zero-order valence-electron chi connectivity index (χ0n) is 6.81. The summed E-state index contributed by atoms with van der Waals surface area (Å²) in [6.07, 6.45) is 0. The van der Waals surface area contributed by atoms with Gasteiger partial charge in [-0.3, -0.25) is 18.8 Å². The van der Waals surface area contributed by atoms with Crippen LogP contribution in [-0.2, 0) is 0 Å². The molecule has 88 valence electrons. The Bertz CT molecular complexity index is 115. The lowest BCUT2D eigenvalue weighted by molar-refractivity contribution is 0.00819. The van der Waals surface area contributed by atoms with Crippen LogP contribution < -0.4 is 0 Å². The third-order valence-corrected chi connectivity index (χ3v) is 0.667. The highest BCUT2D eigenvalue weighted by Gasteiger charge is 1.86. The fourth-order valence-corrected chi connectivity index (χ4v) is 0.385. The second-order valence-corrected chi connectivity index (χ2v) is 1.40. The quantitative estimate of drug-likeness (QED) is 0.596. The molecule has 7 heteroatoms. The van der Waals surface area contributed by atoms with Crippen molar-refractivity contribution in [1.29, 1.82) is 0 Å². The summed E-state index contributed by atoms with van der Waals surface area (Å²) in [4.78, 5) is 0. The number of hydrogen-bond acceptors (Lipinski definition) is 0. The Hall–Kier alpha value is -1.27. The Morgan fingerprint density at radius 3 is 0.643 bits per heavy atom. The molecule has 0 aromatic heterocycles. The van der Waals surface area contributed by atoms with E-state index in [-0.39, 0.29) is 18.8 Å². The van der Waals surface area contributed by atoms with Gasteiger partial charge in [0.15, 0.2) is 0 Å². The van der Waals surface area contributed by atoms with Crippen molar-refractivity contribution < 1.29 is 32.0 Å². The molecule has 0 bridgehead atoms. The summed E-state index contributed by atoms with van der Waals surface area (Å²) < 4.78 is 29.0. The van der Waals surface area contributed by atoms with Crippen molar-refractivity contribution in [2.45, 2.75) is 6.68 Å². The molecule has 0 atom stereocenters. The predicted octanol–water partition coefficient (Wildman–Crippen LogP) is 3.48. The predicted molar refractivity (Wildman–Crippen MR) is 43.6 cm³/mol. The summed E-state index contributed by atoms with van der Waals surface area (Å²) in [7, 11) is 0. The second kappa shape index (κ2) is 22.6. The van der Waals surface area contributed by atoms with Crippen molar-refractivity contribution in [2.24, 2.45) is 0 Å². The van der Waals surface area contributed by atoms with Crippen LogP contribution in [0, 0.1) is 0 Å². The van der Waals surface area contributed by atoms with Gasteiger partial charge >= 0.3 is 6.68 Å². The van der Waals surface area contributed by atoms with E-state index in [1.54, 1.807) is 0 Å². The number of benzene rings is 1. The van der Waals surface area contributed by atoms with Crippen LogP contribution >= 0.6 is 0 Å². The SMILES string of the molecule is F.F.F.F.FC(F)F.c1ccccc1. The monoisotopic (exact) mass is 228 g/mol.